The third kappa shape index (κ3) is 5.08. The van der Waals surface area contributed by atoms with Crippen LogP contribution in [0.5, 0.6) is 0 Å². The van der Waals surface area contributed by atoms with E-state index in [0.29, 0.717) is 16.9 Å². The van der Waals surface area contributed by atoms with Crippen LogP contribution in [-0.4, -0.2) is 35.0 Å². The fourth-order valence-electron chi connectivity index (χ4n) is 2.96. The molecule has 1 saturated heterocycles. The van der Waals surface area contributed by atoms with Crippen LogP contribution in [-0.2, 0) is 6.42 Å². The van der Waals surface area contributed by atoms with E-state index in [1.165, 1.54) is 0 Å². The first-order valence-corrected chi connectivity index (χ1v) is 8.64. The summed E-state index contributed by atoms with van der Waals surface area (Å²) in [6.07, 6.45) is -1.20. The number of benzene rings is 1. The molecule has 1 aromatic carbocycles. The van der Waals surface area contributed by atoms with Crippen LogP contribution in [0.2, 0.25) is 0 Å². The van der Waals surface area contributed by atoms with Crippen LogP contribution in [0.4, 0.5) is 18.9 Å². The van der Waals surface area contributed by atoms with Gasteiger partial charge in [0.2, 0.25) is 0 Å². The Balaban J connectivity index is 1.57. The molecule has 1 amide bonds. The maximum Gasteiger partial charge on any atom is 0.389 e. The van der Waals surface area contributed by atoms with Crippen LogP contribution < -0.4 is 10.6 Å². The van der Waals surface area contributed by atoms with Gasteiger partial charge in [0, 0.05) is 24.8 Å². The first-order valence-electron chi connectivity index (χ1n) is 8.64. The van der Waals surface area contributed by atoms with Crippen molar-refractivity contribution in [2.45, 2.75) is 37.9 Å². The monoisotopic (exact) mass is 366 g/mol. The van der Waals surface area contributed by atoms with Crippen LogP contribution >= 0.6 is 0 Å². The Labute approximate surface area is 149 Å². The van der Waals surface area contributed by atoms with Gasteiger partial charge in [-0.05, 0) is 49.6 Å². The first kappa shape index (κ1) is 18.4. The fraction of sp³-hybridized carbons (Fsp3) is 0.444. The summed E-state index contributed by atoms with van der Waals surface area (Å²) in [5.74, 6) is -0.337. The lowest BCUT2D eigenvalue weighted by molar-refractivity contribution is -0.133. The number of halogens is 3. The van der Waals surface area contributed by atoms with E-state index in [0.717, 1.165) is 25.9 Å². The lowest BCUT2D eigenvalue weighted by Crippen LogP contribution is -2.32. The average molecular weight is 366 g/mol. The van der Waals surface area contributed by atoms with Crippen LogP contribution in [0.25, 0.3) is 0 Å². The van der Waals surface area contributed by atoms with Crippen molar-refractivity contribution < 1.29 is 18.0 Å². The molecule has 0 aliphatic carbocycles. The molecule has 1 atom stereocenters. The number of aromatic nitrogens is 2. The summed E-state index contributed by atoms with van der Waals surface area (Å²) in [6, 6.07) is 8.30. The zero-order valence-corrected chi connectivity index (χ0v) is 14.2. The highest BCUT2D eigenvalue weighted by Crippen LogP contribution is 2.23. The number of amides is 1. The zero-order chi connectivity index (χ0) is 18.6. The second-order valence-electron chi connectivity index (χ2n) is 6.45. The molecule has 0 bridgehead atoms. The lowest BCUT2D eigenvalue weighted by Gasteiger charge is -2.22. The van der Waals surface area contributed by atoms with Crippen LogP contribution in [0.3, 0.4) is 0 Å². The molecule has 3 rings (SSSR count). The highest BCUT2D eigenvalue weighted by molar-refractivity contribution is 6.02. The van der Waals surface area contributed by atoms with Crippen molar-refractivity contribution in [3.63, 3.8) is 0 Å². The number of carbonyl (C=O) groups excluding carboxylic acids is 1. The maximum absolute atomic E-state index is 12.3. The molecule has 1 aromatic heterocycles. The summed E-state index contributed by atoms with van der Waals surface area (Å²) in [5.41, 5.74) is 1.42. The van der Waals surface area contributed by atoms with E-state index in [4.69, 9.17) is 0 Å². The predicted molar refractivity (Wildman–Crippen MR) is 92.1 cm³/mol. The van der Waals surface area contributed by atoms with Crippen LogP contribution in [0.1, 0.15) is 41.4 Å². The van der Waals surface area contributed by atoms with Gasteiger partial charge in [0.1, 0.15) is 0 Å². The third-order valence-corrected chi connectivity index (χ3v) is 4.39. The van der Waals surface area contributed by atoms with Crippen LogP contribution in [0.15, 0.2) is 36.5 Å². The Kier molecular flexibility index (Phi) is 5.61. The number of aryl methyl sites for hydroxylation is 1. The van der Waals surface area contributed by atoms with Crippen molar-refractivity contribution in [3.05, 3.63) is 47.8 Å². The number of carbonyl (C=O) groups is 1. The minimum atomic E-state index is -4.17. The van der Waals surface area contributed by atoms with E-state index < -0.39 is 12.6 Å². The molecule has 0 saturated carbocycles. The molecular weight excluding hydrogens is 345 g/mol. The second-order valence-corrected chi connectivity index (χ2v) is 6.45. The second kappa shape index (κ2) is 7.90. The number of hydrogen-bond acceptors (Lipinski definition) is 3. The minimum Gasteiger partial charge on any atom is -0.321 e. The SMILES string of the molecule is O=C(Nc1ccc(CCC(F)(F)F)cc1)c1ccn(C2CCCNC2)n1. The lowest BCUT2D eigenvalue weighted by atomic mass is 10.1. The minimum absolute atomic E-state index is 0.0719. The molecule has 26 heavy (non-hydrogen) atoms. The normalized spacial score (nSPS) is 17.9. The highest BCUT2D eigenvalue weighted by Gasteiger charge is 2.26. The van der Waals surface area contributed by atoms with E-state index in [2.05, 4.69) is 15.7 Å². The molecular formula is C18H21F3N4O. The van der Waals surface area contributed by atoms with Gasteiger partial charge in [0.25, 0.3) is 5.91 Å². The smallest absolute Gasteiger partial charge is 0.321 e. The van der Waals surface area contributed by atoms with E-state index in [1.807, 2.05) is 0 Å². The van der Waals surface area contributed by atoms with Gasteiger partial charge in [-0.15, -0.1) is 0 Å². The van der Waals surface area contributed by atoms with Crippen molar-refractivity contribution in [1.82, 2.24) is 15.1 Å². The topological polar surface area (TPSA) is 59.0 Å². The molecule has 0 spiro atoms. The Hall–Kier alpha value is -2.35. The van der Waals surface area contributed by atoms with E-state index in [9.17, 15) is 18.0 Å². The van der Waals surface area contributed by atoms with Crippen LogP contribution in [0, 0.1) is 0 Å². The van der Waals surface area contributed by atoms with Crippen molar-refractivity contribution in [2.24, 2.45) is 0 Å². The van der Waals surface area contributed by atoms with Crippen molar-refractivity contribution in [2.75, 3.05) is 18.4 Å². The Morgan fingerprint density at radius 1 is 1.27 bits per heavy atom. The van der Waals surface area contributed by atoms with Gasteiger partial charge in [-0.3, -0.25) is 9.48 Å². The maximum atomic E-state index is 12.3. The summed E-state index contributed by atoms with van der Waals surface area (Å²) < 4.78 is 38.5. The standard InChI is InChI=1S/C18H21F3N4O/c19-18(20,21)9-7-13-3-5-14(6-4-13)23-17(26)16-8-11-25(24-16)15-2-1-10-22-12-15/h3-6,8,11,15,22H,1-2,7,9-10,12H2,(H,23,26). The summed E-state index contributed by atoms with van der Waals surface area (Å²) in [5, 5.41) is 10.4. The average Bonchev–Trinajstić information content (AvgIpc) is 3.11. The molecule has 2 N–H and O–H groups in total. The van der Waals surface area contributed by atoms with E-state index in [1.54, 1.807) is 41.2 Å². The molecule has 1 aliphatic rings. The Morgan fingerprint density at radius 3 is 2.69 bits per heavy atom. The van der Waals surface area contributed by atoms with E-state index >= 15 is 0 Å². The third-order valence-electron chi connectivity index (χ3n) is 4.39. The number of alkyl halides is 3. The summed E-state index contributed by atoms with van der Waals surface area (Å²) >= 11 is 0. The van der Waals surface area contributed by atoms with Gasteiger partial charge in [-0.25, -0.2) is 0 Å². The molecule has 1 aliphatic heterocycles. The van der Waals surface area contributed by atoms with Crippen molar-refractivity contribution in [1.29, 1.82) is 0 Å². The number of anilines is 1. The van der Waals surface area contributed by atoms with Gasteiger partial charge in [0.05, 0.1) is 6.04 Å². The van der Waals surface area contributed by atoms with Gasteiger partial charge in [-0.1, -0.05) is 12.1 Å². The number of piperidine rings is 1. The fourth-order valence-corrected chi connectivity index (χ4v) is 2.96. The number of nitrogens with zero attached hydrogens (tertiary/aromatic N) is 2. The molecule has 5 nitrogen and oxygen atoms in total. The summed E-state index contributed by atoms with van der Waals surface area (Å²) in [4.78, 5) is 12.3. The summed E-state index contributed by atoms with van der Waals surface area (Å²) in [6.45, 7) is 1.84. The molecule has 2 aromatic rings. The molecule has 2 heterocycles. The first-order chi connectivity index (χ1) is 12.4. The van der Waals surface area contributed by atoms with Gasteiger partial charge in [-0.2, -0.15) is 18.3 Å². The van der Waals surface area contributed by atoms with Crippen molar-refractivity contribution >= 4 is 11.6 Å². The number of hydrogen-bond donors (Lipinski definition) is 2. The van der Waals surface area contributed by atoms with E-state index in [-0.39, 0.29) is 18.4 Å². The molecule has 1 fully saturated rings. The zero-order valence-electron chi connectivity index (χ0n) is 14.2. The molecule has 140 valence electrons. The number of nitrogens with one attached hydrogen (secondary N) is 2. The Morgan fingerprint density at radius 2 is 2.04 bits per heavy atom. The molecule has 8 heteroatoms. The largest absolute Gasteiger partial charge is 0.389 e. The van der Waals surface area contributed by atoms with Gasteiger partial charge < -0.3 is 10.6 Å². The van der Waals surface area contributed by atoms with Gasteiger partial charge >= 0.3 is 6.18 Å². The Bertz CT molecular complexity index is 734. The van der Waals surface area contributed by atoms with Crippen molar-refractivity contribution in [3.8, 4) is 0 Å². The predicted octanol–water partition coefficient (Wildman–Crippen LogP) is 3.55. The molecule has 1 unspecified atom stereocenters. The quantitative estimate of drug-likeness (QED) is 0.851. The summed E-state index contributed by atoms with van der Waals surface area (Å²) in [7, 11) is 0. The van der Waals surface area contributed by atoms with Gasteiger partial charge in [0.15, 0.2) is 5.69 Å². The number of rotatable bonds is 5. The highest BCUT2D eigenvalue weighted by atomic mass is 19.4. The molecule has 0 radical (unpaired) electrons.